The summed E-state index contributed by atoms with van der Waals surface area (Å²) in [7, 11) is 0. The highest BCUT2D eigenvalue weighted by molar-refractivity contribution is 7.18. The van der Waals surface area contributed by atoms with Crippen molar-refractivity contribution in [2.24, 2.45) is 0 Å². The number of carboxylic acids is 1. The van der Waals surface area contributed by atoms with Gasteiger partial charge in [0.25, 0.3) is 0 Å². The number of nitrogens with zero attached hydrogens (tertiary/aromatic N) is 1. The normalized spacial score (nSPS) is 10.5. The second-order valence-corrected chi connectivity index (χ2v) is 4.25. The fourth-order valence-electron chi connectivity index (χ4n) is 1.29. The van der Waals surface area contributed by atoms with Gasteiger partial charge in [0.05, 0.1) is 9.71 Å². The summed E-state index contributed by atoms with van der Waals surface area (Å²) >= 11 is 1.56. The number of thiazole rings is 1. The summed E-state index contributed by atoms with van der Waals surface area (Å²) in [6, 6.07) is 5.50. The van der Waals surface area contributed by atoms with Crippen molar-refractivity contribution in [3.8, 4) is 5.75 Å². The second-order valence-electron chi connectivity index (χ2n) is 3.02. The van der Waals surface area contributed by atoms with Gasteiger partial charge in [-0.3, -0.25) is 0 Å². The average Bonchev–Trinajstić information content (AvgIpc) is 2.55. The van der Waals surface area contributed by atoms with E-state index in [-0.39, 0.29) is 6.61 Å². The molecule has 1 aromatic carbocycles. The lowest BCUT2D eigenvalue weighted by atomic mass is 10.3. The lowest BCUT2D eigenvalue weighted by Gasteiger charge is -2.02. The fraction of sp³-hybridized carbons (Fsp3) is 0.200. The standard InChI is InChI=1S/C10H9NO3S/c1-6-11-10-7(14-5-9(12)13)3-2-4-8(10)15-6/h2-4H,5H2,1H3,(H,12,13). The van der Waals surface area contributed by atoms with Gasteiger partial charge < -0.3 is 9.84 Å². The van der Waals surface area contributed by atoms with Crippen LogP contribution in [-0.4, -0.2) is 22.7 Å². The molecule has 0 aliphatic rings. The van der Waals surface area contributed by atoms with Gasteiger partial charge in [-0.25, -0.2) is 9.78 Å². The van der Waals surface area contributed by atoms with Gasteiger partial charge in [0.1, 0.15) is 11.3 Å². The predicted molar refractivity (Wildman–Crippen MR) is 57.5 cm³/mol. The van der Waals surface area contributed by atoms with Gasteiger partial charge in [-0.05, 0) is 19.1 Å². The van der Waals surface area contributed by atoms with Crippen molar-refractivity contribution in [3.05, 3.63) is 23.2 Å². The molecular weight excluding hydrogens is 214 g/mol. The Morgan fingerprint density at radius 3 is 3.13 bits per heavy atom. The quantitative estimate of drug-likeness (QED) is 0.865. The summed E-state index contributed by atoms with van der Waals surface area (Å²) in [5, 5.41) is 9.45. The zero-order valence-electron chi connectivity index (χ0n) is 8.06. The van der Waals surface area contributed by atoms with Crippen LogP contribution in [0.1, 0.15) is 5.01 Å². The maximum absolute atomic E-state index is 10.4. The first kappa shape index (κ1) is 9.92. The van der Waals surface area contributed by atoms with Gasteiger partial charge in [-0.2, -0.15) is 0 Å². The van der Waals surface area contributed by atoms with E-state index in [1.807, 2.05) is 19.1 Å². The molecular formula is C10H9NO3S. The predicted octanol–water partition coefficient (Wildman–Crippen LogP) is 2.07. The number of rotatable bonds is 3. The van der Waals surface area contributed by atoms with Crippen LogP contribution in [-0.2, 0) is 4.79 Å². The van der Waals surface area contributed by atoms with Crippen molar-refractivity contribution < 1.29 is 14.6 Å². The molecule has 0 radical (unpaired) electrons. The van der Waals surface area contributed by atoms with Crippen LogP contribution in [0.5, 0.6) is 5.75 Å². The molecule has 15 heavy (non-hydrogen) atoms. The number of hydrogen-bond donors (Lipinski definition) is 1. The van der Waals surface area contributed by atoms with E-state index in [9.17, 15) is 4.79 Å². The number of aromatic nitrogens is 1. The van der Waals surface area contributed by atoms with Crippen LogP contribution >= 0.6 is 11.3 Å². The van der Waals surface area contributed by atoms with Gasteiger partial charge >= 0.3 is 5.97 Å². The number of para-hydroxylation sites is 1. The van der Waals surface area contributed by atoms with E-state index in [1.54, 1.807) is 17.4 Å². The van der Waals surface area contributed by atoms with Crippen molar-refractivity contribution in [1.29, 1.82) is 0 Å². The second kappa shape index (κ2) is 3.86. The number of carbonyl (C=O) groups is 1. The fourth-order valence-corrected chi connectivity index (χ4v) is 2.13. The molecule has 1 heterocycles. The van der Waals surface area contributed by atoms with Crippen LogP contribution in [0.4, 0.5) is 0 Å². The molecule has 0 aliphatic heterocycles. The summed E-state index contributed by atoms with van der Waals surface area (Å²) in [5.41, 5.74) is 0.737. The van der Waals surface area contributed by atoms with E-state index in [0.29, 0.717) is 5.75 Å². The first-order chi connectivity index (χ1) is 7.16. The maximum Gasteiger partial charge on any atom is 0.341 e. The third kappa shape index (κ3) is 2.07. The van der Waals surface area contributed by atoms with Gasteiger partial charge in [-0.1, -0.05) is 6.07 Å². The highest BCUT2D eigenvalue weighted by Gasteiger charge is 2.07. The summed E-state index contributed by atoms with van der Waals surface area (Å²) in [4.78, 5) is 14.7. The van der Waals surface area contributed by atoms with E-state index >= 15 is 0 Å². The lowest BCUT2D eigenvalue weighted by Crippen LogP contribution is -2.09. The van der Waals surface area contributed by atoms with E-state index in [1.165, 1.54) is 0 Å². The Bertz CT molecular complexity index is 506. The Hall–Kier alpha value is -1.62. The number of benzene rings is 1. The van der Waals surface area contributed by atoms with Crippen molar-refractivity contribution >= 4 is 27.5 Å². The summed E-state index contributed by atoms with van der Waals surface area (Å²) < 4.78 is 6.15. The molecule has 0 amide bonds. The molecule has 2 rings (SSSR count). The first-order valence-electron chi connectivity index (χ1n) is 4.37. The third-order valence-corrected chi connectivity index (χ3v) is 2.78. The van der Waals surface area contributed by atoms with Gasteiger partial charge in [-0.15, -0.1) is 11.3 Å². The van der Waals surface area contributed by atoms with Gasteiger partial charge in [0.2, 0.25) is 0 Å². The molecule has 4 nitrogen and oxygen atoms in total. The lowest BCUT2D eigenvalue weighted by molar-refractivity contribution is -0.139. The monoisotopic (exact) mass is 223 g/mol. The molecule has 1 aromatic heterocycles. The van der Waals surface area contributed by atoms with Crippen LogP contribution in [0.15, 0.2) is 18.2 Å². The number of carboxylic acid groups (broad SMARTS) is 1. The molecule has 0 aliphatic carbocycles. The summed E-state index contributed by atoms with van der Waals surface area (Å²) in [6.07, 6.45) is 0. The molecule has 0 unspecified atom stereocenters. The smallest absolute Gasteiger partial charge is 0.341 e. The zero-order chi connectivity index (χ0) is 10.8. The molecule has 0 atom stereocenters. The Balaban J connectivity index is 2.37. The molecule has 2 aromatic rings. The molecule has 0 saturated carbocycles. The molecule has 0 saturated heterocycles. The minimum absolute atomic E-state index is 0.338. The SMILES string of the molecule is Cc1nc2c(OCC(=O)O)cccc2s1. The number of ether oxygens (including phenoxy) is 1. The van der Waals surface area contributed by atoms with Crippen molar-refractivity contribution in [3.63, 3.8) is 0 Å². The largest absolute Gasteiger partial charge is 0.480 e. The van der Waals surface area contributed by atoms with E-state index in [4.69, 9.17) is 9.84 Å². The molecule has 0 bridgehead atoms. The van der Waals surface area contributed by atoms with E-state index < -0.39 is 5.97 Å². The molecule has 78 valence electrons. The van der Waals surface area contributed by atoms with Crippen molar-refractivity contribution in [2.75, 3.05) is 6.61 Å². The number of hydrogen-bond acceptors (Lipinski definition) is 4. The van der Waals surface area contributed by atoms with Gasteiger partial charge in [0, 0.05) is 0 Å². The Morgan fingerprint density at radius 1 is 1.60 bits per heavy atom. The molecule has 5 heteroatoms. The number of aryl methyl sites for hydroxylation is 1. The van der Waals surface area contributed by atoms with Crippen LogP contribution in [0.25, 0.3) is 10.2 Å². The van der Waals surface area contributed by atoms with E-state index in [0.717, 1.165) is 15.2 Å². The highest BCUT2D eigenvalue weighted by atomic mass is 32.1. The van der Waals surface area contributed by atoms with Crippen LogP contribution < -0.4 is 4.74 Å². The number of fused-ring (bicyclic) bond motifs is 1. The van der Waals surface area contributed by atoms with Crippen molar-refractivity contribution in [1.82, 2.24) is 4.98 Å². The maximum atomic E-state index is 10.4. The summed E-state index contributed by atoms with van der Waals surface area (Å²) in [5.74, 6) is -0.460. The minimum Gasteiger partial charge on any atom is -0.480 e. The topological polar surface area (TPSA) is 59.4 Å². The molecule has 0 fully saturated rings. The first-order valence-corrected chi connectivity index (χ1v) is 5.19. The molecule has 1 N–H and O–H groups in total. The number of aliphatic carboxylic acids is 1. The van der Waals surface area contributed by atoms with E-state index in [2.05, 4.69) is 4.98 Å². The zero-order valence-corrected chi connectivity index (χ0v) is 8.87. The van der Waals surface area contributed by atoms with Crippen LogP contribution in [0, 0.1) is 6.92 Å². The van der Waals surface area contributed by atoms with Crippen LogP contribution in [0.3, 0.4) is 0 Å². The third-order valence-electron chi connectivity index (χ3n) is 1.84. The average molecular weight is 223 g/mol. The minimum atomic E-state index is -0.987. The highest BCUT2D eigenvalue weighted by Crippen LogP contribution is 2.29. The Kier molecular flexibility index (Phi) is 2.55. The Labute approximate surface area is 90.1 Å². The molecule has 0 spiro atoms. The van der Waals surface area contributed by atoms with Crippen molar-refractivity contribution in [2.45, 2.75) is 6.92 Å². The Morgan fingerprint density at radius 2 is 2.40 bits per heavy atom. The summed E-state index contributed by atoms with van der Waals surface area (Å²) in [6.45, 7) is 1.57. The van der Waals surface area contributed by atoms with Crippen LogP contribution in [0.2, 0.25) is 0 Å². The van der Waals surface area contributed by atoms with Gasteiger partial charge in [0.15, 0.2) is 6.61 Å².